The summed E-state index contributed by atoms with van der Waals surface area (Å²) in [6, 6.07) is 26.6. The first kappa shape index (κ1) is 23.1. The molecule has 1 aliphatic rings. The summed E-state index contributed by atoms with van der Waals surface area (Å²) in [5.74, 6) is 0.661. The Labute approximate surface area is 195 Å². The third kappa shape index (κ3) is 5.28. The van der Waals surface area contributed by atoms with E-state index in [1.54, 1.807) is 31.4 Å². The van der Waals surface area contributed by atoms with Crippen LogP contribution in [0.1, 0.15) is 36.3 Å². The predicted octanol–water partition coefficient (Wildman–Crippen LogP) is 4.68. The molecular weight excluding hydrogens is 434 g/mol. The van der Waals surface area contributed by atoms with Crippen molar-refractivity contribution < 1.29 is 17.9 Å². The predicted molar refractivity (Wildman–Crippen MR) is 129 cm³/mol. The first-order valence-corrected chi connectivity index (χ1v) is 12.8. The van der Waals surface area contributed by atoms with Gasteiger partial charge < -0.3 is 9.64 Å². The number of carbonyl (C=O) groups is 1. The number of carbonyl (C=O) groups excluding carboxylic acids is 1. The van der Waals surface area contributed by atoms with E-state index in [1.165, 1.54) is 0 Å². The van der Waals surface area contributed by atoms with E-state index >= 15 is 0 Å². The molecule has 0 bridgehead atoms. The maximum atomic E-state index is 13.2. The quantitative estimate of drug-likeness (QED) is 0.510. The number of hydrogen-bond acceptors (Lipinski definition) is 4. The Morgan fingerprint density at radius 2 is 1.39 bits per heavy atom. The lowest BCUT2D eigenvalue weighted by Gasteiger charge is -2.33. The molecule has 5 nitrogen and oxygen atoms in total. The van der Waals surface area contributed by atoms with E-state index in [-0.39, 0.29) is 11.8 Å². The Hall–Kier alpha value is -3.12. The summed E-state index contributed by atoms with van der Waals surface area (Å²) in [4.78, 5) is 15.3. The number of benzene rings is 3. The smallest absolute Gasteiger partial charge is 0.223 e. The molecule has 33 heavy (non-hydrogen) atoms. The zero-order chi connectivity index (χ0) is 23.3. The number of likely N-dealkylation sites (tertiary alicyclic amines) is 1. The fraction of sp³-hybridized carbons (Fsp3) is 0.296. The highest BCUT2D eigenvalue weighted by atomic mass is 32.2. The highest BCUT2D eigenvalue weighted by Gasteiger charge is 2.33. The summed E-state index contributed by atoms with van der Waals surface area (Å²) in [5.41, 5.74) is 2.21. The number of nitrogens with zero attached hydrogens (tertiary/aromatic N) is 1. The highest BCUT2D eigenvalue weighted by molar-refractivity contribution is 7.92. The molecule has 6 heteroatoms. The third-order valence-electron chi connectivity index (χ3n) is 6.40. The van der Waals surface area contributed by atoms with Crippen molar-refractivity contribution in [3.05, 3.63) is 96.1 Å². The zero-order valence-electron chi connectivity index (χ0n) is 18.8. The molecule has 1 saturated heterocycles. The molecule has 1 heterocycles. The maximum Gasteiger partial charge on any atom is 0.223 e. The average Bonchev–Trinajstić information content (AvgIpc) is 2.88. The molecule has 3 aromatic carbocycles. The van der Waals surface area contributed by atoms with Crippen LogP contribution >= 0.6 is 0 Å². The molecule has 0 atom stereocenters. The average molecular weight is 464 g/mol. The molecule has 0 N–H and O–H groups in total. The molecule has 1 fully saturated rings. The lowest BCUT2D eigenvalue weighted by molar-refractivity contribution is -0.132. The normalized spacial score (nSPS) is 14.9. The molecule has 0 radical (unpaired) electrons. The van der Waals surface area contributed by atoms with Crippen LogP contribution in [0.3, 0.4) is 0 Å². The van der Waals surface area contributed by atoms with Crippen molar-refractivity contribution >= 4 is 15.7 Å². The van der Waals surface area contributed by atoms with Gasteiger partial charge in [-0.1, -0.05) is 60.7 Å². The maximum absolute atomic E-state index is 13.2. The topological polar surface area (TPSA) is 63.7 Å². The number of sulfone groups is 1. The Bertz CT molecular complexity index is 1110. The molecule has 0 aromatic heterocycles. The van der Waals surface area contributed by atoms with Crippen LogP contribution in [0.15, 0.2) is 89.8 Å². The Kier molecular flexibility index (Phi) is 7.14. The number of piperidine rings is 1. The number of rotatable bonds is 7. The SMILES string of the molecule is COc1ccc(S(=O)(=O)C2CCN(C(=O)CC(c3ccccc3)c3ccccc3)CC2)cc1. The van der Waals surface area contributed by atoms with Crippen LogP contribution in [-0.2, 0) is 14.6 Å². The largest absolute Gasteiger partial charge is 0.497 e. The summed E-state index contributed by atoms with van der Waals surface area (Å²) < 4.78 is 31.3. The van der Waals surface area contributed by atoms with Crippen molar-refractivity contribution in [1.29, 1.82) is 0 Å². The monoisotopic (exact) mass is 463 g/mol. The van der Waals surface area contributed by atoms with E-state index in [0.29, 0.717) is 43.0 Å². The van der Waals surface area contributed by atoms with Crippen molar-refractivity contribution in [2.75, 3.05) is 20.2 Å². The molecule has 0 aliphatic carbocycles. The van der Waals surface area contributed by atoms with Crippen LogP contribution in [-0.4, -0.2) is 44.7 Å². The summed E-state index contributed by atoms with van der Waals surface area (Å²) in [5, 5.41) is -0.478. The molecule has 1 aliphatic heterocycles. The number of amides is 1. The molecule has 172 valence electrons. The van der Waals surface area contributed by atoms with E-state index < -0.39 is 15.1 Å². The minimum atomic E-state index is -3.44. The van der Waals surface area contributed by atoms with Gasteiger partial charge in [0.1, 0.15) is 5.75 Å². The fourth-order valence-electron chi connectivity index (χ4n) is 4.48. The molecule has 0 saturated carbocycles. The van der Waals surface area contributed by atoms with Gasteiger partial charge >= 0.3 is 0 Å². The van der Waals surface area contributed by atoms with E-state index in [1.807, 2.05) is 41.3 Å². The Morgan fingerprint density at radius 3 is 1.88 bits per heavy atom. The molecule has 0 unspecified atom stereocenters. The first-order valence-electron chi connectivity index (χ1n) is 11.2. The van der Waals surface area contributed by atoms with Gasteiger partial charge in [0.2, 0.25) is 5.91 Å². The molecule has 1 amide bonds. The van der Waals surface area contributed by atoms with Gasteiger partial charge in [-0.2, -0.15) is 0 Å². The molecular formula is C27H29NO4S. The van der Waals surface area contributed by atoms with Gasteiger partial charge in [-0.25, -0.2) is 8.42 Å². The van der Waals surface area contributed by atoms with Crippen molar-refractivity contribution in [3.63, 3.8) is 0 Å². The van der Waals surface area contributed by atoms with E-state index in [9.17, 15) is 13.2 Å². The molecule has 4 rings (SSSR count). The third-order valence-corrected chi connectivity index (χ3v) is 8.68. The molecule has 3 aromatic rings. The second kappa shape index (κ2) is 10.2. The zero-order valence-corrected chi connectivity index (χ0v) is 19.6. The van der Waals surface area contributed by atoms with E-state index in [0.717, 1.165) is 11.1 Å². The summed E-state index contributed by atoms with van der Waals surface area (Å²) in [6.45, 7) is 0.907. The Morgan fingerprint density at radius 1 is 0.879 bits per heavy atom. The lowest BCUT2D eigenvalue weighted by Crippen LogP contribution is -2.42. The van der Waals surface area contributed by atoms with Crippen molar-refractivity contribution in [2.45, 2.75) is 35.3 Å². The van der Waals surface area contributed by atoms with Crippen LogP contribution in [0.4, 0.5) is 0 Å². The summed E-state index contributed by atoms with van der Waals surface area (Å²) >= 11 is 0. The minimum absolute atomic E-state index is 0.0272. The van der Waals surface area contributed by atoms with Crippen LogP contribution in [0.2, 0.25) is 0 Å². The van der Waals surface area contributed by atoms with Gasteiger partial charge in [0.15, 0.2) is 9.84 Å². The molecule has 0 spiro atoms. The Balaban J connectivity index is 1.43. The van der Waals surface area contributed by atoms with E-state index in [4.69, 9.17) is 4.74 Å². The van der Waals surface area contributed by atoms with Gasteiger partial charge in [0, 0.05) is 25.4 Å². The lowest BCUT2D eigenvalue weighted by atomic mass is 9.88. The van der Waals surface area contributed by atoms with Crippen LogP contribution < -0.4 is 4.74 Å². The summed E-state index contributed by atoms with van der Waals surface area (Å²) in [6.07, 6.45) is 1.26. The number of ether oxygens (including phenoxy) is 1. The highest BCUT2D eigenvalue weighted by Crippen LogP contribution is 2.30. The first-order chi connectivity index (χ1) is 16.0. The van der Waals surface area contributed by atoms with Crippen LogP contribution in [0.25, 0.3) is 0 Å². The van der Waals surface area contributed by atoms with Crippen LogP contribution in [0.5, 0.6) is 5.75 Å². The standard InChI is InChI=1S/C27H29NO4S/c1-32-23-12-14-24(15-13-23)33(30,31)25-16-18-28(19-17-25)27(29)20-26(21-8-4-2-5-9-21)22-10-6-3-7-11-22/h2-15,25-26H,16-20H2,1H3. The van der Waals surface area contributed by atoms with Gasteiger partial charge in [0.05, 0.1) is 17.3 Å². The van der Waals surface area contributed by atoms with E-state index in [2.05, 4.69) is 24.3 Å². The van der Waals surface area contributed by atoms with Gasteiger partial charge in [0.25, 0.3) is 0 Å². The van der Waals surface area contributed by atoms with Gasteiger partial charge in [-0.05, 0) is 48.2 Å². The van der Waals surface area contributed by atoms with Gasteiger partial charge in [-0.15, -0.1) is 0 Å². The second-order valence-corrected chi connectivity index (χ2v) is 10.6. The fourth-order valence-corrected chi connectivity index (χ4v) is 6.21. The van der Waals surface area contributed by atoms with Crippen LogP contribution in [0, 0.1) is 0 Å². The number of methoxy groups -OCH3 is 1. The van der Waals surface area contributed by atoms with Crippen molar-refractivity contribution in [1.82, 2.24) is 4.90 Å². The number of hydrogen-bond donors (Lipinski definition) is 0. The summed E-state index contributed by atoms with van der Waals surface area (Å²) in [7, 11) is -1.89. The van der Waals surface area contributed by atoms with Gasteiger partial charge in [-0.3, -0.25) is 4.79 Å². The minimum Gasteiger partial charge on any atom is -0.497 e. The van der Waals surface area contributed by atoms with Crippen molar-refractivity contribution in [3.8, 4) is 5.75 Å². The van der Waals surface area contributed by atoms with Crippen molar-refractivity contribution in [2.24, 2.45) is 0 Å². The second-order valence-electron chi connectivity index (χ2n) is 8.38.